The first-order chi connectivity index (χ1) is 10.8. The van der Waals surface area contributed by atoms with Crippen LogP contribution in [0.2, 0.25) is 0 Å². The number of rotatable bonds is 4. The van der Waals surface area contributed by atoms with Gasteiger partial charge in [0.25, 0.3) is 0 Å². The fourth-order valence-corrected chi connectivity index (χ4v) is 2.50. The predicted octanol–water partition coefficient (Wildman–Crippen LogP) is 2.80. The molecule has 2 rings (SSSR count). The van der Waals surface area contributed by atoms with Gasteiger partial charge in [0.1, 0.15) is 5.60 Å². The number of aromatic nitrogens is 1. The average Bonchev–Trinajstić information content (AvgIpc) is 2.92. The third kappa shape index (κ3) is 4.54. The molecule has 0 bridgehead atoms. The van der Waals surface area contributed by atoms with Crippen molar-refractivity contribution >= 4 is 17.6 Å². The van der Waals surface area contributed by atoms with Crippen molar-refractivity contribution < 1.29 is 14.5 Å². The van der Waals surface area contributed by atoms with Crippen LogP contribution < -0.4 is 5.32 Å². The Balaban J connectivity index is 2.00. The minimum absolute atomic E-state index is 0.0635. The van der Waals surface area contributed by atoms with Gasteiger partial charge in [-0.2, -0.15) is 0 Å². The summed E-state index contributed by atoms with van der Waals surface area (Å²) in [4.78, 5) is 28.4. The van der Waals surface area contributed by atoms with Crippen molar-refractivity contribution in [2.45, 2.75) is 45.3 Å². The maximum absolute atomic E-state index is 12.2. The van der Waals surface area contributed by atoms with E-state index >= 15 is 0 Å². The van der Waals surface area contributed by atoms with Crippen LogP contribution in [-0.2, 0) is 4.74 Å². The largest absolute Gasteiger partial charge is 0.444 e. The first-order valence-corrected chi connectivity index (χ1v) is 7.61. The number of likely N-dealkylation sites (tertiary alicyclic amines) is 1. The molecule has 0 saturated carbocycles. The molecule has 1 atom stereocenters. The van der Waals surface area contributed by atoms with Crippen molar-refractivity contribution in [2.24, 2.45) is 0 Å². The zero-order valence-corrected chi connectivity index (χ0v) is 13.6. The lowest BCUT2D eigenvalue weighted by Gasteiger charge is -2.28. The quantitative estimate of drug-likeness (QED) is 0.676. The van der Waals surface area contributed by atoms with Crippen molar-refractivity contribution in [1.82, 2.24) is 9.88 Å². The van der Waals surface area contributed by atoms with Gasteiger partial charge in [0.15, 0.2) is 0 Å². The Morgan fingerprint density at radius 3 is 2.96 bits per heavy atom. The summed E-state index contributed by atoms with van der Waals surface area (Å²) in [5.74, 6) is 0.216. The lowest BCUT2D eigenvalue weighted by molar-refractivity contribution is -0.384. The number of amides is 1. The maximum atomic E-state index is 12.2. The molecule has 1 fully saturated rings. The van der Waals surface area contributed by atoms with Crippen LogP contribution in [0.15, 0.2) is 18.3 Å². The second kappa shape index (κ2) is 6.80. The van der Waals surface area contributed by atoms with Crippen LogP contribution in [-0.4, -0.2) is 45.6 Å². The number of carbonyl (C=O) groups is 1. The molecule has 1 aliphatic rings. The van der Waals surface area contributed by atoms with Crippen LogP contribution in [0.5, 0.6) is 0 Å². The van der Waals surface area contributed by atoms with Gasteiger partial charge in [0, 0.05) is 25.4 Å². The van der Waals surface area contributed by atoms with Gasteiger partial charge in [-0.15, -0.1) is 0 Å². The summed E-state index contributed by atoms with van der Waals surface area (Å²) in [6.45, 7) is 6.51. The maximum Gasteiger partial charge on any atom is 0.410 e. The zero-order chi connectivity index (χ0) is 17.0. The van der Waals surface area contributed by atoms with E-state index in [1.807, 2.05) is 20.8 Å². The van der Waals surface area contributed by atoms with Gasteiger partial charge in [0.2, 0.25) is 5.82 Å². The predicted molar refractivity (Wildman–Crippen MR) is 85.3 cm³/mol. The first kappa shape index (κ1) is 17.0. The minimum atomic E-state index is -0.544. The molecule has 0 radical (unpaired) electrons. The highest BCUT2D eigenvalue weighted by molar-refractivity contribution is 5.69. The Bertz CT molecular complexity index is 585. The second-order valence-electron chi connectivity index (χ2n) is 6.48. The Labute approximate surface area is 135 Å². The number of carbonyl (C=O) groups excluding carboxylic acids is 1. The van der Waals surface area contributed by atoms with E-state index in [9.17, 15) is 14.9 Å². The van der Waals surface area contributed by atoms with Crippen LogP contribution in [0.1, 0.15) is 33.6 Å². The van der Waals surface area contributed by atoms with Gasteiger partial charge in [-0.1, -0.05) is 0 Å². The smallest absolute Gasteiger partial charge is 0.410 e. The molecule has 23 heavy (non-hydrogen) atoms. The molecule has 1 amide bonds. The van der Waals surface area contributed by atoms with Crippen molar-refractivity contribution in [3.8, 4) is 0 Å². The van der Waals surface area contributed by atoms with Gasteiger partial charge in [0.05, 0.1) is 11.0 Å². The molecular weight excluding hydrogens is 300 g/mol. The van der Waals surface area contributed by atoms with E-state index in [2.05, 4.69) is 10.3 Å². The van der Waals surface area contributed by atoms with Crippen molar-refractivity contribution in [2.75, 3.05) is 18.4 Å². The van der Waals surface area contributed by atoms with E-state index in [-0.39, 0.29) is 23.6 Å². The molecule has 8 heteroatoms. The van der Waals surface area contributed by atoms with E-state index in [4.69, 9.17) is 4.74 Å². The fraction of sp³-hybridized carbons (Fsp3) is 0.600. The van der Waals surface area contributed by atoms with E-state index < -0.39 is 10.5 Å². The number of hydrogen-bond donors (Lipinski definition) is 1. The van der Waals surface area contributed by atoms with E-state index in [1.54, 1.807) is 4.90 Å². The first-order valence-electron chi connectivity index (χ1n) is 7.61. The molecular formula is C15H22N4O4. The highest BCUT2D eigenvalue weighted by Crippen LogP contribution is 2.24. The summed E-state index contributed by atoms with van der Waals surface area (Å²) in [5.41, 5.74) is -0.619. The van der Waals surface area contributed by atoms with Crippen LogP contribution in [0.3, 0.4) is 0 Å². The van der Waals surface area contributed by atoms with Gasteiger partial charge in [-0.05, 0) is 39.7 Å². The molecule has 1 saturated heterocycles. The number of nitrogens with zero attached hydrogens (tertiary/aromatic N) is 3. The summed E-state index contributed by atoms with van der Waals surface area (Å²) in [6.07, 6.45) is 2.86. The molecule has 0 aromatic carbocycles. The Hall–Kier alpha value is -2.38. The number of anilines is 1. The molecule has 0 spiro atoms. The summed E-state index contributed by atoms with van der Waals surface area (Å²) in [7, 11) is 0. The molecule has 1 aliphatic heterocycles. The fourth-order valence-electron chi connectivity index (χ4n) is 2.50. The number of nitro groups is 1. The molecule has 1 N–H and O–H groups in total. The SMILES string of the molecule is CC(C)(C)OC(=O)N1CCC[C@H]1CNc1ncccc1[N+](=O)[O-]. The highest BCUT2D eigenvalue weighted by atomic mass is 16.6. The van der Waals surface area contributed by atoms with Crippen LogP contribution in [0, 0.1) is 10.1 Å². The summed E-state index contributed by atoms with van der Waals surface area (Å²) in [6, 6.07) is 2.85. The number of ether oxygens (including phenoxy) is 1. The molecule has 2 heterocycles. The number of pyridine rings is 1. The van der Waals surface area contributed by atoms with Crippen LogP contribution in [0.4, 0.5) is 16.3 Å². The lowest BCUT2D eigenvalue weighted by Crippen LogP contribution is -2.42. The zero-order valence-electron chi connectivity index (χ0n) is 13.6. The van der Waals surface area contributed by atoms with Crippen molar-refractivity contribution in [1.29, 1.82) is 0 Å². The highest BCUT2D eigenvalue weighted by Gasteiger charge is 2.32. The topological polar surface area (TPSA) is 97.6 Å². The number of hydrogen-bond acceptors (Lipinski definition) is 6. The summed E-state index contributed by atoms with van der Waals surface area (Å²) in [5, 5.41) is 14.0. The molecule has 1 aromatic rings. The molecule has 8 nitrogen and oxygen atoms in total. The summed E-state index contributed by atoms with van der Waals surface area (Å²) >= 11 is 0. The molecule has 126 valence electrons. The normalized spacial score (nSPS) is 17.9. The van der Waals surface area contributed by atoms with Crippen molar-refractivity contribution in [3.63, 3.8) is 0 Å². The van der Waals surface area contributed by atoms with Gasteiger partial charge >= 0.3 is 11.8 Å². The second-order valence-corrected chi connectivity index (χ2v) is 6.48. The lowest BCUT2D eigenvalue weighted by atomic mass is 10.2. The third-order valence-corrected chi connectivity index (χ3v) is 3.49. The molecule has 0 unspecified atom stereocenters. The Kier molecular flexibility index (Phi) is 5.02. The summed E-state index contributed by atoms with van der Waals surface area (Å²) < 4.78 is 5.40. The van der Waals surface area contributed by atoms with Crippen molar-refractivity contribution in [3.05, 3.63) is 28.4 Å². The van der Waals surface area contributed by atoms with E-state index in [0.717, 1.165) is 12.8 Å². The third-order valence-electron chi connectivity index (χ3n) is 3.49. The van der Waals surface area contributed by atoms with E-state index in [1.165, 1.54) is 18.3 Å². The van der Waals surface area contributed by atoms with Gasteiger partial charge < -0.3 is 15.0 Å². The molecule has 0 aliphatic carbocycles. The van der Waals surface area contributed by atoms with E-state index in [0.29, 0.717) is 13.1 Å². The Morgan fingerprint density at radius 1 is 1.57 bits per heavy atom. The van der Waals surface area contributed by atoms with Crippen LogP contribution in [0.25, 0.3) is 0 Å². The standard InChI is InChI=1S/C15H22N4O4/c1-15(2,3)23-14(20)18-9-5-6-11(18)10-17-13-12(19(21)22)7-4-8-16-13/h4,7-8,11H,5-6,9-10H2,1-3H3,(H,16,17)/t11-/m0/s1. The Morgan fingerprint density at radius 2 is 2.30 bits per heavy atom. The van der Waals surface area contributed by atoms with Crippen LogP contribution >= 0.6 is 0 Å². The number of nitrogens with one attached hydrogen (secondary N) is 1. The molecule has 1 aromatic heterocycles. The van der Waals surface area contributed by atoms with Gasteiger partial charge in [-0.25, -0.2) is 9.78 Å². The van der Waals surface area contributed by atoms with Gasteiger partial charge in [-0.3, -0.25) is 10.1 Å². The minimum Gasteiger partial charge on any atom is -0.444 e. The average molecular weight is 322 g/mol. The monoisotopic (exact) mass is 322 g/mol.